The summed E-state index contributed by atoms with van der Waals surface area (Å²) < 4.78 is 0. The molecule has 0 amide bonds. The summed E-state index contributed by atoms with van der Waals surface area (Å²) in [5.41, 5.74) is 10.2. The average molecular weight is 413 g/mol. The molecule has 0 radical (unpaired) electrons. The Labute approximate surface area is 187 Å². The topological polar surface area (TPSA) is 0 Å². The van der Waals surface area contributed by atoms with Crippen LogP contribution in [0, 0.1) is 0 Å². The maximum atomic E-state index is 2.25. The van der Waals surface area contributed by atoms with Gasteiger partial charge in [0.1, 0.15) is 0 Å². The first-order valence-corrected chi connectivity index (χ1v) is 11.4. The quantitative estimate of drug-likeness (QED) is 0.240. The van der Waals surface area contributed by atoms with Crippen molar-refractivity contribution in [3.8, 4) is 44.5 Å². The Kier molecular flexibility index (Phi) is 4.48. The smallest absolute Gasteiger partial charge is 0.0201 e. The predicted molar refractivity (Wildman–Crippen MR) is 132 cm³/mol. The lowest BCUT2D eigenvalue weighted by molar-refractivity contribution is 1.40. The highest BCUT2D eigenvalue weighted by Gasteiger charge is 2.19. The van der Waals surface area contributed by atoms with Crippen LogP contribution >= 0.6 is 11.8 Å². The highest BCUT2D eigenvalue weighted by molar-refractivity contribution is 7.99. The highest BCUT2D eigenvalue weighted by atomic mass is 32.2. The van der Waals surface area contributed by atoms with Gasteiger partial charge in [0.25, 0.3) is 0 Å². The lowest BCUT2D eigenvalue weighted by Crippen LogP contribution is -1.91. The molecule has 0 aliphatic carbocycles. The fourth-order valence-corrected chi connectivity index (χ4v) is 5.64. The maximum absolute atomic E-state index is 2.25. The molecule has 0 N–H and O–H groups in total. The standard InChI is InChI=1S/C30H20S/c1-2-12-22-21(11-1)23-13-3-5-15-25(23)27-17-7-9-19-29(27)31-30-20-10-8-18-28(30)26-16-6-4-14-24(22)26/h1-20H. The zero-order chi connectivity index (χ0) is 20.6. The number of benzene rings is 5. The summed E-state index contributed by atoms with van der Waals surface area (Å²) in [6, 6.07) is 43.9. The molecule has 1 aliphatic rings. The Hall–Kier alpha value is -3.55. The molecule has 0 unspecified atom stereocenters. The molecule has 0 spiro atoms. The minimum absolute atomic E-state index is 1.27. The van der Waals surface area contributed by atoms with E-state index in [1.165, 1.54) is 54.3 Å². The molecular formula is C30H20S. The van der Waals surface area contributed by atoms with E-state index in [9.17, 15) is 0 Å². The van der Waals surface area contributed by atoms with Crippen LogP contribution in [0.3, 0.4) is 0 Å². The third-order valence-corrected chi connectivity index (χ3v) is 7.09. The SMILES string of the molecule is c1ccc2c(c1)Sc1ccccc1-c1ccccc1-c1ccccc1-c1ccccc1-2. The summed E-state index contributed by atoms with van der Waals surface area (Å²) >= 11 is 1.85. The predicted octanol–water partition coefficient (Wildman–Crippen LogP) is 8.82. The molecule has 1 heteroatoms. The van der Waals surface area contributed by atoms with Crippen molar-refractivity contribution in [2.75, 3.05) is 0 Å². The monoisotopic (exact) mass is 412 g/mol. The second-order valence-corrected chi connectivity index (χ2v) is 8.81. The molecule has 0 bridgehead atoms. The Bertz CT molecular complexity index is 1310. The molecule has 0 atom stereocenters. The molecular weight excluding hydrogens is 392 g/mol. The molecule has 0 nitrogen and oxygen atoms in total. The van der Waals surface area contributed by atoms with Crippen LogP contribution in [-0.2, 0) is 0 Å². The lowest BCUT2D eigenvalue weighted by Gasteiger charge is -2.17. The number of rotatable bonds is 0. The summed E-state index contributed by atoms with van der Waals surface area (Å²) in [5, 5.41) is 0. The van der Waals surface area contributed by atoms with E-state index in [-0.39, 0.29) is 0 Å². The van der Waals surface area contributed by atoms with Gasteiger partial charge in [0.2, 0.25) is 0 Å². The van der Waals surface area contributed by atoms with Gasteiger partial charge in [-0.2, -0.15) is 0 Å². The normalized spacial score (nSPS) is 11.7. The number of hydrogen-bond donors (Lipinski definition) is 0. The van der Waals surface area contributed by atoms with Crippen LogP contribution in [-0.4, -0.2) is 0 Å². The summed E-state index contributed by atoms with van der Waals surface area (Å²) in [5.74, 6) is 0. The second-order valence-electron chi connectivity index (χ2n) is 7.73. The molecule has 5 aromatic carbocycles. The van der Waals surface area contributed by atoms with Gasteiger partial charge in [-0.25, -0.2) is 0 Å². The van der Waals surface area contributed by atoms with E-state index >= 15 is 0 Å². The summed E-state index contributed by atoms with van der Waals surface area (Å²) in [4.78, 5) is 2.55. The van der Waals surface area contributed by atoms with Crippen molar-refractivity contribution in [1.82, 2.24) is 0 Å². The van der Waals surface area contributed by atoms with Gasteiger partial charge in [0.15, 0.2) is 0 Å². The molecule has 0 aromatic heterocycles. The van der Waals surface area contributed by atoms with Gasteiger partial charge in [-0.3, -0.25) is 0 Å². The lowest BCUT2D eigenvalue weighted by atomic mass is 9.87. The third-order valence-electron chi connectivity index (χ3n) is 5.94. The minimum atomic E-state index is 1.27. The van der Waals surface area contributed by atoms with Crippen molar-refractivity contribution in [3.63, 3.8) is 0 Å². The fourth-order valence-electron chi connectivity index (χ4n) is 4.53. The molecule has 5 aromatic rings. The van der Waals surface area contributed by atoms with Crippen molar-refractivity contribution in [3.05, 3.63) is 121 Å². The van der Waals surface area contributed by atoms with E-state index in [1.807, 2.05) is 11.8 Å². The van der Waals surface area contributed by atoms with E-state index in [2.05, 4.69) is 121 Å². The summed E-state index contributed by atoms with van der Waals surface area (Å²) in [7, 11) is 0. The van der Waals surface area contributed by atoms with Gasteiger partial charge in [0.05, 0.1) is 0 Å². The van der Waals surface area contributed by atoms with Crippen LogP contribution in [0.15, 0.2) is 131 Å². The second kappa shape index (κ2) is 7.61. The van der Waals surface area contributed by atoms with Crippen LogP contribution in [0.5, 0.6) is 0 Å². The molecule has 31 heavy (non-hydrogen) atoms. The van der Waals surface area contributed by atoms with Gasteiger partial charge in [-0.05, 0) is 56.6 Å². The first-order valence-electron chi connectivity index (χ1n) is 10.5. The molecule has 6 rings (SSSR count). The zero-order valence-electron chi connectivity index (χ0n) is 17.0. The van der Waals surface area contributed by atoms with Crippen molar-refractivity contribution in [1.29, 1.82) is 0 Å². The molecule has 146 valence electrons. The Morgan fingerprint density at radius 3 is 0.806 bits per heavy atom. The van der Waals surface area contributed by atoms with Crippen molar-refractivity contribution in [2.45, 2.75) is 9.79 Å². The molecule has 0 fully saturated rings. The van der Waals surface area contributed by atoms with Crippen LogP contribution in [0.1, 0.15) is 0 Å². The zero-order valence-corrected chi connectivity index (χ0v) is 17.8. The van der Waals surface area contributed by atoms with Crippen molar-refractivity contribution < 1.29 is 0 Å². The Morgan fingerprint density at radius 1 is 0.258 bits per heavy atom. The van der Waals surface area contributed by atoms with E-state index in [1.54, 1.807) is 0 Å². The van der Waals surface area contributed by atoms with Crippen LogP contribution in [0.2, 0.25) is 0 Å². The minimum Gasteiger partial charge on any atom is -0.0888 e. The molecule has 0 saturated heterocycles. The largest absolute Gasteiger partial charge is 0.0888 e. The van der Waals surface area contributed by atoms with Gasteiger partial charge < -0.3 is 0 Å². The average Bonchev–Trinajstić information content (AvgIpc) is 2.86. The Morgan fingerprint density at radius 2 is 0.484 bits per heavy atom. The van der Waals surface area contributed by atoms with Crippen LogP contribution < -0.4 is 0 Å². The summed E-state index contributed by atoms with van der Waals surface area (Å²) in [6.07, 6.45) is 0. The first kappa shape index (κ1) is 18.2. The molecule has 1 heterocycles. The van der Waals surface area contributed by atoms with Crippen molar-refractivity contribution in [2.24, 2.45) is 0 Å². The van der Waals surface area contributed by atoms with Crippen LogP contribution in [0.25, 0.3) is 44.5 Å². The van der Waals surface area contributed by atoms with Gasteiger partial charge in [-0.1, -0.05) is 121 Å². The van der Waals surface area contributed by atoms with E-state index < -0.39 is 0 Å². The first-order chi connectivity index (χ1) is 15.4. The Balaban J connectivity index is 1.79. The fraction of sp³-hybridized carbons (Fsp3) is 0. The summed E-state index contributed by atoms with van der Waals surface area (Å²) in [6.45, 7) is 0. The number of hydrogen-bond acceptors (Lipinski definition) is 1. The maximum Gasteiger partial charge on any atom is 0.0201 e. The van der Waals surface area contributed by atoms with E-state index in [0.717, 1.165) is 0 Å². The number of fused-ring (bicyclic) bond motifs is 9. The van der Waals surface area contributed by atoms with Gasteiger partial charge >= 0.3 is 0 Å². The van der Waals surface area contributed by atoms with E-state index in [0.29, 0.717) is 0 Å². The van der Waals surface area contributed by atoms with Gasteiger partial charge in [-0.15, -0.1) is 0 Å². The van der Waals surface area contributed by atoms with Crippen molar-refractivity contribution >= 4 is 11.8 Å². The molecule has 1 aliphatic heterocycles. The van der Waals surface area contributed by atoms with Crippen LogP contribution in [0.4, 0.5) is 0 Å². The third kappa shape index (κ3) is 3.10. The van der Waals surface area contributed by atoms with Gasteiger partial charge in [0, 0.05) is 9.79 Å². The van der Waals surface area contributed by atoms with E-state index in [4.69, 9.17) is 0 Å². The molecule has 0 saturated carbocycles. The highest BCUT2D eigenvalue weighted by Crippen LogP contribution is 2.47.